The summed E-state index contributed by atoms with van der Waals surface area (Å²) in [5.41, 5.74) is 0.824. The second-order valence-corrected chi connectivity index (χ2v) is 5.98. The number of benzene rings is 2. The maximum absolute atomic E-state index is 11.0. The minimum Gasteiger partial charge on any atom is -0.381 e. The number of ether oxygens (including phenoxy) is 2. The molecule has 0 unspecified atom stereocenters. The van der Waals surface area contributed by atoms with Crippen molar-refractivity contribution >= 4 is 0 Å². The van der Waals surface area contributed by atoms with Crippen molar-refractivity contribution in [2.24, 2.45) is 0 Å². The van der Waals surface area contributed by atoms with Gasteiger partial charge in [0.05, 0.1) is 25.9 Å². The molecule has 3 nitrogen and oxygen atoms in total. The van der Waals surface area contributed by atoms with Gasteiger partial charge in [-0.2, -0.15) is 0 Å². The van der Waals surface area contributed by atoms with Gasteiger partial charge in [0, 0.05) is 0 Å². The first-order valence-corrected chi connectivity index (χ1v) is 8.42. The molecule has 0 fully saturated rings. The lowest BCUT2D eigenvalue weighted by Gasteiger charge is -2.33. The third-order valence-electron chi connectivity index (χ3n) is 4.03. The number of hydrogen-bond acceptors (Lipinski definition) is 3. The van der Waals surface area contributed by atoms with E-state index < -0.39 is 11.7 Å². The maximum atomic E-state index is 11.0. The fourth-order valence-electron chi connectivity index (χ4n) is 2.53. The van der Waals surface area contributed by atoms with Gasteiger partial charge in [-0.05, 0) is 17.5 Å². The van der Waals surface area contributed by atoms with Gasteiger partial charge in [-0.1, -0.05) is 72.8 Å². The van der Waals surface area contributed by atoms with Crippen LogP contribution in [0.1, 0.15) is 17.5 Å². The van der Waals surface area contributed by atoms with Gasteiger partial charge in [-0.15, -0.1) is 13.2 Å². The molecule has 3 heteroatoms. The molecular weight excluding hydrogens is 312 g/mol. The predicted molar refractivity (Wildman–Crippen MR) is 101 cm³/mol. The van der Waals surface area contributed by atoms with Crippen molar-refractivity contribution in [2.45, 2.75) is 31.3 Å². The number of hydrogen-bond donors (Lipinski definition) is 1. The van der Waals surface area contributed by atoms with Crippen molar-refractivity contribution < 1.29 is 14.6 Å². The van der Waals surface area contributed by atoms with E-state index in [4.69, 9.17) is 9.47 Å². The lowest BCUT2D eigenvalue weighted by atomic mass is 9.95. The Labute approximate surface area is 150 Å². The molecule has 0 aliphatic rings. The molecule has 2 atom stereocenters. The fraction of sp³-hybridized carbons (Fsp3) is 0.273. The largest absolute Gasteiger partial charge is 0.381 e. The zero-order valence-corrected chi connectivity index (χ0v) is 14.5. The lowest BCUT2D eigenvalue weighted by molar-refractivity contribution is -0.122. The Morgan fingerprint density at radius 3 is 2.00 bits per heavy atom. The van der Waals surface area contributed by atoms with E-state index in [-0.39, 0.29) is 6.61 Å². The van der Waals surface area contributed by atoms with Crippen LogP contribution in [-0.2, 0) is 22.7 Å². The Morgan fingerprint density at radius 2 is 1.48 bits per heavy atom. The molecular formula is C22H26O3. The standard InChI is InChI=1S/C22H26O3/c1-3-11-21(25-17-20-14-9-6-10-15-20)22(23,4-2)18-24-16-19-12-7-5-8-13-19/h3-10,12-15,21,23H,1-2,11,16-18H2/t21-,22-/m0/s1. The average Bonchev–Trinajstić information content (AvgIpc) is 2.66. The number of rotatable bonds is 11. The zero-order valence-electron chi connectivity index (χ0n) is 14.5. The van der Waals surface area contributed by atoms with Gasteiger partial charge in [-0.3, -0.25) is 0 Å². The van der Waals surface area contributed by atoms with Gasteiger partial charge >= 0.3 is 0 Å². The van der Waals surface area contributed by atoms with Crippen molar-refractivity contribution in [3.8, 4) is 0 Å². The van der Waals surface area contributed by atoms with Crippen molar-refractivity contribution in [1.82, 2.24) is 0 Å². The normalized spacial score (nSPS) is 14.4. The molecule has 0 saturated carbocycles. The lowest BCUT2D eigenvalue weighted by Crippen LogP contribution is -2.46. The molecule has 0 aliphatic carbocycles. The minimum atomic E-state index is -1.28. The van der Waals surface area contributed by atoms with Gasteiger partial charge in [0.25, 0.3) is 0 Å². The van der Waals surface area contributed by atoms with Crippen LogP contribution in [0.5, 0.6) is 0 Å². The van der Waals surface area contributed by atoms with Crippen LogP contribution in [0.2, 0.25) is 0 Å². The zero-order chi connectivity index (χ0) is 18.0. The third kappa shape index (κ3) is 5.98. The molecule has 0 spiro atoms. The van der Waals surface area contributed by atoms with Crippen LogP contribution in [0, 0.1) is 0 Å². The van der Waals surface area contributed by atoms with E-state index in [0.29, 0.717) is 19.6 Å². The molecule has 25 heavy (non-hydrogen) atoms. The minimum absolute atomic E-state index is 0.110. The summed E-state index contributed by atoms with van der Waals surface area (Å²) in [5, 5.41) is 11.0. The van der Waals surface area contributed by atoms with E-state index in [1.54, 1.807) is 6.08 Å². The summed E-state index contributed by atoms with van der Waals surface area (Å²) in [5.74, 6) is 0. The first kappa shape index (κ1) is 19.1. The summed E-state index contributed by atoms with van der Waals surface area (Å²) in [6.07, 6.45) is 3.26. The highest BCUT2D eigenvalue weighted by atomic mass is 16.5. The molecule has 0 heterocycles. The Kier molecular flexibility index (Phi) is 7.61. The monoisotopic (exact) mass is 338 g/mol. The number of aliphatic hydroxyl groups is 1. The molecule has 0 saturated heterocycles. The van der Waals surface area contributed by atoms with E-state index >= 15 is 0 Å². The Morgan fingerprint density at radius 1 is 0.920 bits per heavy atom. The summed E-state index contributed by atoms with van der Waals surface area (Å²) in [4.78, 5) is 0. The van der Waals surface area contributed by atoms with Gasteiger partial charge in [-0.25, -0.2) is 0 Å². The second kappa shape index (κ2) is 9.94. The average molecular weight is 338 g/mol. The Hall–Kier alpha value is -2.20. The van der Waals surface area contributed by atoms with Gasteiger partial charge in [0.2, 0.25) is 0 Å². The molecule has 0 bridgehead atoms. The SMILES string of the molecule is C=CC[C@H](OCc1ccccc1)[C@](O)(C=C)COCc1ccccc1. The van der Waals surface area contributed by atoms with Gasteiger partial charge in [0.15, 0.2) is 0 Å². The van der Waals surface area contributed by atoms with Crippen molar-refractivity contribution in [3.05, 3.63) is 97.1 Å². The molecule has 0 radical (unpaired) electrons. The smallest absolute Gasteiger partial charge is 0.132 e. The van der Waals surface area contributed by atoms with Crippen molar-refractivity contribution in [1.29, 1.82) is 0 Å². The van der Waals surface area contributed by atoms with Crippen LogP contribution in [0.25, 0.3) is 0 Å². The molecule has 0 aromatic heterocycles. The molecule has 132 valence electrons. The Balaban J connectivity index is 1.96. The Bertz CT molecular complexity index is 639. The summed E-state index contributed by atoms with van der Waals surface area (Å²) < 4.78 is 11.7. The van der Waals surface area contributed by atoms with Gasteiger partial charge in [0.1, 0.15) is 5.60 Å². The van der Waals surface area contributed by atoms with E-state index in [1.807, 2.05) is 60.7 Å². The third-order valence-corrected chi connectivity index (χ3v) is 4.03. The molecule has 0 aliphatic heterocycles. The van der Waals surface area contributed by atoms with Crippen LogP contribution in [-0.4, -0.2) is 23.4 Å². The maximum Gasteiger partial charge on any atom is 0.132 e. The van der Waals surface area contributed by atoms with E-state index in [2.05, 4.69) is 13.2 Å². The summed E-state index contributed by atoms with van der Waals surface area (Å²) in [7, 11) is 0. The first-order valence-electron chi connectivity index (χ1n) is 8.42. The summed E-state index contributed by atoms with van der Waals surface area (Å²) >= 11 is 0. The molecule has 2 rings (SSSR count). The molecule has 2 aromatic carbocycles. The molecule has 2 aromatic rings. The summed E-state index contributed by atoms with van der Waals surface area (Å²) in [6, 6.07) is 19.7. The molecule has 1 N–H and O–H groups in total. The van der Waals surface area contributed by atoms with Crippen LogP contribution in [0.3, 0.4) is 0 Å². The van der Waals surface area contributed by atoms with E-state index in [0.717, 1.165) is 11.1 Å². The van der Waals surface area contributed by atoms with Crippen molar-refractivity contribution in [3.63, 3.8) is 0 Å². The highest BCUT2D eigenvalue weighted by Crippen LogP contribution is 2.22. The highest BCUT2D eigenvalue weighted by Gasteiger charge is 2.34. The van der Waals surface area contributed by atoms with Crippen LogP contribution in [0.15, 0.2) is 86.0 Å². The van der Waals surface area contributed by atoms with Gasteiger partial charge < -0.3 is 14.6 Å². The molecule has 0 amide bonds. The van der Waals surface area contributed by atoms with E-state index in [1.165, 1.54) is 6.08 Å². The first-order chi connectivity index (χ1) is 12.2. The highest BCUT2D eigenvalue weighted by molar-refractivity contribution is 5.15. The fourth-order valence-corrected chi connectivity index (χ4v) is 2.53. The van der Waals surface area contributed by atoms with Crippen LogP contribution in [0.4, 0.5) is 0 Å². The van der Waals surface area contributed by atoms with Crippen molar-refractivity contribution in [2.75, 3.05) is 6.61 Å². The second-order valence-electron chi connectivity index (χ2n) is 5.98. The summed E-state index contributed by atoms with van der Waals surface area (Å²) in [6.45, 7) is 8.48. The topological polar surface area (TPSA) is 38.7 Å². The predicted octanol–water partition coefficient (Wildman–Crippen LogP) is 4.28. The van der Waals surface area contributed by atoms with E-state index in [9.17, 15) is 5.11 Å². The van der Waals surface area contributed by atoms with Crippen LogP contribution < -0.4 is 0 Å². The quantitative estimate of drug-likeness (QED) is 0.622. The van der Waals surface area contributed by atoms with Crippen LogP contribution >= 0.6 is 0 Å².